The van der Waals surface area contributed by atoms with E-state index in [1.165, 1.54) is 0 Å². The monoisotopic (exact) mass is 489 g/mol. The molecule has 2 aliphatic heterocycles. The molecule has 34 heavy (non-hydrogen) atoms. The summed E-state index contributed by atoms with van der Waals surface area (Å²) in [5.41, 5.74) is 2.73. The maximum Gasteiger partial charge on any atom is 0.336 e. The molecule has 184 valence electrons. The average Bonchev–Trinajstić information content (AvgIpc) is 3.27. The van der Waals surface area contributed by atoms with Crippen LogP contribution in [-0.4, -0.2) is 42.8 Å². The van der Waals surface area contributed by atoms with Crippen molar-refractivity contribution >= 4 is 23.4 Å². The number of esters is 1. The normalized spacial score (nSPS) is 24.1. The third kappa shape index (κ3) is 4.82. The highest BCUT2D eigenvalue weighted by Crippen LogP contribution is 2.49. The molecule has 8 heteroatoms. The van der Waals surface area contributed by atoms with Gasteiger partial charge in [-0.1, -0.05) is 25.4 Å². The maximum absolute atomic E-state index is 13.4. The third-order valence-corrected chi connectivity index (χ3v) is 6.86. The molecular weight excluding hydrogens is 458 g/mol. The summed E-state index contributed by atoms with van der Waals surface area (Å²) in [6.45, 7) is 8.89. The van der Waals surface area contributed by atoms with E-state index in [0.29, 0.717) is 48.5 Å². The summed E-state index contributed by atoms with van der Waals surface area (Å²) in [6, 6.07) is 3.24. The fourth-order valence-corrected chi connectivity index (χ4v) is 5.31. The van der Waals surface area contributed by atoms with Crippen molar-refractivity contribution < 1.29 is 28.9 Å². The van der Waals surface area contributed by atoms with Gasteiger partial charge in [0.1, 0.15) is 6.61 Å². The van der Waals surface area contributed by atoms with E-state index in [9.17, 15) is 14.7 Å². The zero-order chi connectivity index (χ0) is 24.6. The standard InChI is InChI=1S/C26H32ClNO6/c1-5-32-20-10-15(9-17(27)24(20)30)22-21(25(31)34-13-16-7-6-8-33-16)14(2)28-18-11-26(3,4)12-19(29)23(18)22/h9-10,16,22,28,30H,5-8,11-13H2,1-4H3/t16-,22+/m1/s1. The Hall–Kier alpha value is -2.51. The first-order valence-corrected chi connectivity index (χ1v) is 12.2. The Kier molecular flexibility index (Phi) is 6.97. The minimum Gasteiger partial charge on any atom is -0.503 e. The van der Waals surface area contributed by atoms with Crippen molar-refractivity contribution in [3.63, 3.8) is 0 Å². The first kappa shape index (κ1) is 24.6. The van der Waals surface area contributed by atoms with Crippen molar-refractivity contribution in [3.8, 4) is 11.5 Å². The Morgan fingerprint density at radius 3 is 2.76 bits per heavy atom. The smallest absolute Gasteiger partial charge is 0.336 e. The molecule has 0 bridgehead atoms. The van der Waals surface area contributed by atoms with Crippen LogP contribution in [0.3, 0.4) is 0 Å². The summed E-state index contributed by atoms with van der Waals surface area (Å²) in [5, 5.41) is 13.8. The van der Waals surface area contributed by atoms with Crippen LogP contribution in [0.5, 0.6) is 11.5 Å². The van der Waals surface area contributed by atoms with E-state index in [0.717, 1.165) is 18.5 Å². The fourth-order valence-electron chi connectivity index (χ4n) is 5.09. The third-order valence-electron chi connectivity index (χ3n) is 6.57. The van der Waals surface area contributed by atoms with E-state index < -0.39 is 11.9 Å². The highest BCUT2D eigenvalue weighted by Gasteiger charge is 2.43. The van der Waals surface area contributed by atoms with Crippen LogP contribution in [0.15, 0.2) is 34.7 Å². The summed E-state index contributed by atoms with van der Waals surface area (Å²) >= 11 is 6.35. The van der Waals surface area contributed by atoms with Crippen molar-refractivity contribution in [3.05, 3.63) is 45.3 Å². The molecule has 4 rings (SSSR count). The van der Waals surface area contributed by atoms with Crippen molar-refractivity contribution in [1.29, 1.82) is 0 Å². The second-order valence-corrected chi connectivity index (χ2v) is 10.4. The van der Waals surface area contributed by atoms with Gasteiger partial charge in [0.15, 0.2) is 17.3 Å². The molecule has 2 N–H and O–H groups in total. The summed E-state index contributed by atoms with van der Waals surface area (Å²) in [4.78, 5) is 26.8. The van der Waals surface area contributed by atoms with Crippen molar-refractivity contribution in [2.75, 3.05) is 19.8 Å². The number of halogens is 1. The van der Waals surface area contributed by atoms with Gasteiger partial charge in [-0.2, -0.15) is 0 Å². The van der Waals surface area contributed by atoms with Crippen LogP contribution < -0.4 is 10.1 Å². The van der Waals surface area contributed by atoms with Crippen molar-refractivity contribution in [1.82, 2.24) is 5.32 Å². The van der Waals surface area contributed by atoms with Gasteiger partial charge in [0.05, 0.1) is 23.3 Å². The molecule has 1 saturated heterocycles. The number of ether oxygens (including phenoxy) is 3. The maximum atomic E-state index is 13.4. The molecule has 2 atom stereocenters. The molecule has 1 aromatic rings. The number of phenolic OH excluding ortho intramolecular Hbond substituents is 1. The topological polar surface area (TPSA) is 94.1 Å². The number of dihydropyridines is 1. The van der Waals surface area contributed by atoms with Gasteiger partial charge in [-0.15, -0.1) is 0 Å². The summed E-state index contributed by atoms with van der Waals surface area (Å²) in [5.74, 6) is -1.18. The molecule has 1 fully saturated rings. The summed E-state index contributed by atoms with van der Waals surface area (Å²) in [7, 11) is 0. The van der Waals surface area contributed by atoms with Crippen LogP contribution in [0, 0.1) is 5.41 Å². The van der Waals surface area contributed by atoms with E-state index in [4.69, 9.17) is 25.8 Å². The number of benzene rings is 1. The van der Waals surface area contributed by atoms with Crippen LogP contribution in [0.2, 0.25) is 5.02 Å². The molecule has 3 aliphatic rings. The molecule has 0 radical (unpaired) electrons. The number of rotatable bonds is 6. The number of hydrogen-bond donors (Lipinski definition) is 2. The van der Waals surface area contributed by atoms with Crippen LogP contribution in [-0.2, 0) is 19.1 Å². The number of ketones is 1. The second-order valence-electron chi connectivity index (χ2n) is 9.95. The molecular formula is C26H32ClNO6. The number of aromatic hydroxyl groups is 1. The van der Waals surface area contributed by atoms with Gasteiger partial charge >= 0.3 is 5.97 Å². The Morgan fingerprint density at radius 1 is 1.32 bits per heavy atom. The van der Waals surface area contributed by atoms with Gasteiger partial charge in [-0.3, -0.25) is 4.79 Å². The number of nitrogens with one attached hydrogen (secondary N) is 1. The molecule has 1 aliphatic carbocycles. The van der Waals surface area contributed by atoms with Gasteiger partial charge < -0.3 is 24.6 Å². The van der Waals surface area contributed by atoms with Gasteiger partial charge in [0.25, 0.3) is 0 Å². The molecule has 1 aromatic carbocycles. The van der Waals surface area contributed by atoms with Crippen molar-refractivity contribution in [2.45, 2.75) is 65.4 Å². The minimum absolute atomic E-state index is 0.0252. The number of hydrogen-bond acceptors (Lipinski definition) is 7. The predicted octanol–water partition coefficient (Wildman–Crippen LogP) is 4.77. The average molecular weight is 490 g/mol. The van der Waals surface area contributed by atoms with Crippen LogP contribution >= 0.6 is 11.6 Å². The first-order valence-electron chi connectivity index (χ1n) is 11.8. The minimum atomic E-state index is -0.686. The molecule has 0 amide bonds. The van der Waals surface area contributed by atoms with E-state index in [2.05, 4.69) is 19.2 Å². The van der Waals surface area contributed by atoms with Crippen molar-refractivity contribution in [2.24, 2.45) is 5.41 Å². The molecule has 0 saturated carbocycles. The number of carbonyl (C=O) groups excluding carboxylic acids is 2. The number of carbonyl (C=O) groups is 2. The highest BCUT2D eigenvalue weighted by molar-refractivity contribution is 6.32. The molecule has 0 aromatic heterocycles. The lowest BCUT2D eigenvalue weighted by atomic mass is 9.68. The quantitative estimate of drug-likeness (QED) is 0.556. The molecule has 0 spiro atoms. The van der Waals surface area contributed by atoms with Gasteiger partial charge in [-0.25, -0.2) is 4.79 Å². The molecule has 7 nitrogen and oxygen atoms in total. The van der Waals surface area contributed by atoms with Crippen LogP contribution in [0.25, 0.3) is 0 Å². The lowest BCUT2D eigenvalue weighted by Gasteiger charge is -2.39. The fraction of sp³-hybridized carbons (Fsp3) is 0.538. The van der Waals surface area contributed by atoms with Crippen LogP contribution in [0.1, 0.15) is 64.9 Å². The summed E-state index contributed by atoms with van der Waals surface area (Å²) in [6.07, 6.45) is 2.72. The summed E-state index contributed by atoms with van der Waals surface area (Å²) < 4.78 is 16.8. The van der Waals surface area contributed by atoms with E-state index in [1.54, 1.807) is 19.1 Å². The predicted molar refractivity (Wildman–Crippen MR) is 128 cm³/mol. The molecule has 2 heterocycles. The lowest BCUT2D eigenvalue weighted by molar-refractivity contribution is -0.142. The van der Waals surface area contributed by atoms with E-state index in [-0.39, 0.29) is 40.4 Å². The Bertz CT molecular complexity index is 1070. The Morgan fingerprint density at radius 2 is 2.09 bits per heavy atom. The lowest BCUT2D eigenvalue weighted by Crippen LogP contribution is -2.39. The van der Waals surface area contributed by atoms with Gasteiger partial charge in [0, 0.05) is 35.9 Å². The largest absolute Gasteiger partial charge is 0.503 e. The SMILES string of the molecule is CCOc1cc([C@H]2C(C(=O)OC[C@H]3CCCO3)=C(C)NC3=C2C(=O)CC(C)(C)C3)cc(Cl)c1O. The number of phenols is 1. The first-order chi connectivity index (χ1) is 16.1. The van der Waals surface area contributed by atoms with E-state index in [1.807, 2.05) is 6.92 Å². The number of Topliss-reactive ketones (excluding diaryl/α,β-unsaturated/α-hetero) is 1. The number of allylic oxidation sites excluding steroid dienone is 3. The van der Waals surface area contributed by atoms with E-state index >= 15 is 0 Å². The zero-order valence-electron chi connectivity index (χ0n) is 20.1. The van der Waals surface area contributed by atoms with Crippen LogP contribution in [0.4, 0.5) is 0 Å². The zero-order valence-corrected chi connectivity index (χ0v) is 20.9. The Balaban J connectivity index is 1.79. The Labute approximate surface area is 205 Å². The molecule has 0 unspecified atom stereocenters. The second kappa shape index (κ2) is 9.62. The van der Waals surface area contributed by atoms with Gasteiger partial charge in [-0.05, 0) is 56.2 Å². The van der Waals surface area contributed by atoms with Gasteiger partial charge in [0.2, 0.25) is 0 Å². The highest BCUT2D eigenvalue weighted by atomic mass is 35.5.